The zero-order valence-electron chi connectivity index (χ0n) is 16.4. The molecule has 0 spiro atoms. The van der Waals surface area contributed by atoms with Crippen LogP contribution in [0.4, 0.5) is 23.8 Å². The van der Waals surface area contributed by atoms with Crippen LogP contribution in [0.2, 0.25) is 5.02 Å². The van der Waals surface area contributed by atoms with Gasteiger partial charge in [0.05, 0.1) is 10.6 Å². The number of aromatic nitrogens is 1. The molecule has 2 amide bonds. The second-order valence-electron chi connectivity index (χ2n) is 7.10. The maximum atomic E-state index is 12.7. The quantitative estimate of drug-likeness (QED) is 0.689. The molecule has 2 rings (SSSR count). The van der Waals surface area contributed by atoms with Crippen molar-refractivity contribution in [1.29, 1.82) is 0 Å². The largest absolute Gasteiger partial charge is 0.417 e. The highest BCUT2D eigenvalue weighted by Gasteiger charge is 2.32. The Hall–Kier alpha value is -1.70. The molecule has 0 saturated carbocycles. The van der Waals surface area contributed by atoms with E-state index in [1.165, 1.54) is 0 Å². The summed E-state index contributed by atoms with van der Waals surface area (Å²) in [4.78, 5) is 19.8. The minimum absolute atomic E-state index is 0.0329. The number of carbonyl (C=O) groups is 1. The van der Waals surface area contributed by atoms with Gasteiger partial charge >= 0.3 is 12.2 Å². The second-order valence-corrected chi connectivity index (χ2v) is 7.51. The van der Waals surface area contributed by atoms with Gasteiger partial charge in [-0.15, -0.1) is 0 Å². The van der Waals surface area contributed by atoms with Crippen molar-refractivity contribution in [3.8, 4) is 0 Å². The van der Waals surface area contributed by atoms with Crippen LogP contribution in [0.25, 0.3) is 0 Å². The fraction of sp³-hybridized carbons (Fsp3) is 0.684. The molecule has 0 unspecified atom stereocenters. The van der Waals surface area contributed by atoms with Crippen molar-refractivity contribution in [2.75, 3.05) is 37.6 Å². The lowest BCUT2D eigenvalue weighted by molar-refractivity contribution is -0.137. The van der Waals surface area contributed by atoms with Crippen LogP contribution in [-0.4, -0.2) is 48.6 Å². The number of unbranched alkanes of at least 4 members (excludes halogenated alkanes) is 1. The minimum Gasteiger partial charge on any atom is -0.352 e. The average Bonchev–Trinajstić information content (AvgIpc) is 2.67. The van der Waals surface area contributed by atoms with Crippen LogP contribution in [0.3, 0.4) is 0 Å². The summed E-state index contributed by atoms with van der Waals surface area (Å²) in [7, 11) is 0. The molecule has 1 atom stereocenters. The average molecular weight is 421 g/mol. The van der Waals surface area contributed by atoms with Crippen LogP contribution >= 0.6 is 11.6 Å². The smallest absolute Gasteiger partial charge is 0.352 e. The number of urea groups is 1. The van der Waals surface area contributed by atoms with Crippen LogP contribution in [-0.2, 0) is 6.18 Å². The molecule has 28 heavy (non-hydrogen) atoms. The summed E-state index contributed by atoms with van der Waals surface area (Å²) in [5, 5.41) is 2.97. The van der Waals surface area contributed by atoms with Crippen molar-refractivity contribution in [1.82, 2.24) is 15.2 Å². The molecule has 5 nitrogen and oxygen atoms in total. The molecule has 0 radical (unpaired) electrons. The van der Waals surface area contributed by atoms with Crippen LogP contribution in [0.1, 0.15) is 45.1 Å². The minimum atomic E-state index is -4.47. The van der Waals surface area contributed by atoms with E-state index in [2.05, 4.69) is 24.1 Å². The van der Waals surface area contributed by atoms with Crippen molar-refractivity contribution < 1.29 is 18.0 Å². The lowest BCUT2D eigenvalue weighted by atomic mass is 9.99. The van der Waals surface area contributed by atoms with E-state index in [4.69, 9.17) is 11.6 Å². The molecule has 0 aromatic carbocycles. The van der Waals surface area contributed by atoms with Crippen molar-refractivity contribution in [3.63, 3.8) is 0 Å². The number of amides is 2. The van der Waals surface area contributed by atoms with Crippen molar-refractivity contribution >= 4 is 23.4 Å². The van der Waals surface area contributed by atoms with Crippen molar-refractivity contribution in [2.24, 2.45) is 5.92 Å². The van der Waals surface area contributed by atoms with Crippen LogP contribution < -0.4 is 10.2 Å². The molecule has 158 valence electrons. The van der Waals surface area contributed by atoms with E-state index in [9.17, 15) is 18.0 Å². The molecule has 1 aromatic heterocycles. The lowest BCUT2D eigenvalue weighted by Gasteiger charge is -2.36. The SMILES string of the molecule is CCCC[C@H](CC)CNC(=O)N1CCN(c2ncc(C(F)(F)F)cc2Cl)CC1. The first-order valence-electron chi connectivity index (χ1n) is 9.76. The molecule has 1 aliphatic heterocycles. The van der Waals surface area contributed by atoms with Gasteiger partial charge in [-0.25, -0.2) is 9.78 Å². The third-order valence-corrected chi connectivity index (χ3v) is 5.38. The number of hydrogen-bond donors (Lipinski definition) is 1. The van der Waals surface area contributed by atoms with E-state index in [0.29, 0.717) is 44.5 Å². The number of nitrogens with zero attached hydrogens (tertiary/aromatic N) is 3. The Morgan fingerprint density at radius 1 is 1.29 bits per heavy atom. The van der Waals surface area contributed by atoms with E-state index in [-0.39, 0.29) is 11.1 Å². The standard InChI is InChI=1S/C19H28ClF3N4O/c1-3-5-6-14(4-2)12-25-18(28)27-9-7-26(8-10-27)17-16(20)11-15(13-24-17)19(21,22)23/h11,13-14H,3-10,12H2,1-2H3,(H,25,28)/t14-/m0/s1. The van der Waals surface area contributed by atoms with Gasteiger partial charge in [0, 0.05) is 38.9 Å². The zero-order valence-corrected chi connectivity index (χ0v) is 17.1. The second kappa shape index (κ2) is 10.2. The fourth-order valence-corrected chi connectivity index (χ4v) is 3.51. The maximum absolute atomic E-state index is 12.7. The van der Waals surface area contributed by atoms with E-state index < -0.39 is 11.7 Å². The highest BCUT2D eigenvalue weighted by molar-refractivity contribution is 6.33. The topological polar surface area (TPSA) is 48.5 Å². The monoisotopic (exact) mass is 420 g/mol. The molecule has 0 aliphatic carbocycles. The Morgan fingerprint density at radius 2 is 1.96 bits per heavy atom. The molecule has 1 aromatic rings. The van der Waals surface area contributed by atoms with Gasteiger partial charge in [0.25, 0.3) is 0 Å². The number of anilines is 1. The Labute approximate surface area is 169 Å². The Bertz CT molecular complexity index is 649. The third kappa shape index (κ3) is 6.15. The first-order valence-corrected chi connectivity index (χ1v) is 10.1. The summed E-state index contributed by atoms with van der Waals surface area (Å²) in [5.74, 6) is 0.806. The predicted molar refractivity (Wildman–Crippen MR) is 105 cm³/mol. The number of hydrogen-bond acceptors (Lipinski definition) is 3. The van der Waals surface area contributed by atoms with E-state index in [0.717, 1.165) is 37.9 Å². The summed E-state index contributed by atoms with van der Waals surface area (Å²) in [6.07, 6.45) is 0.771. The van der Waals surface area contributed by atoms with Gasteiger partial charge in [0.2, 0.25) is 0 Å². The van der Waals surface area contributed by atoms with Crippen LogP contribution in [0.5, 0.6) is 0 Å². The third-order valence-electron chi connectivity index (χ3n) is 5.10. The number of piperazine rings is 1. The number of rotatable bonds is 7. The fourth-order valence-electron chi connectivity index (χ4n) is 3.23. The van der Waals surface area contributed by atoms with Crippen molar-refractivity contribution in [2.45, 2.75) is 45.7 Å². The summed E-state index contributed by atoms with van der Waals surface area (Å²) in [6, 6.07) is 0.797. The molecule has 1 aliphatic rings. The van der Waals surface area contributed by atoms with E-state index in [1.54, 1.807) is 4.90 Å². The van der Waals surface area contributed by atoms with Gasteiger partial charge in [0.15, 0.2) is 0 Å². The predicted octanol–water partition coefficient (Wildman–Crippen LogP) is 4.80. The van der Waals surface area contributed by atoms with Crippen molar-refractivity contribution in [3.05, 3.63) is 22.8 Å². The number of halogens is 4. The maximum Gasteiger partial charge on any atom is 0.417 e. The highest BCUT2D eigenvalue weighted by Crippen LogP contribution is 2.33. The molecule has 0 bridgehead atoms. The molecule has 1 N–H and O–H groups in total. The summed E-state index contributed by atoms with van der Waals surface area (Å²) < 4.78 is 38.2. The van der Waals surface area contributed by atoms with Gasteiger partial charge in [0.1, 0.15) is 5.82 Å². The zero-order chi connectivity index (χ0) is 20.7. The van der Waals surface area contributed by atoms with Gasteiger partial charge < -0.3 is 15.1 Å². The number of nitrogens with one attached hydrogen (secondary N) is 1. The number of alkyl halides is 3. The molecule has 1 fully saturated rings. The first-order chi connectivity index (χ1) is 13.3. The van der Waals surface area contributed by atoms with Gasteiger partial charge in [-0.3, -0.25) is 0 Å². The number of carbonyl (C=O) groups excluding carboxylic acids is 1. The van der Waals surface area contributed by atoms with Gasteiger partial charge in [-0.2, -0.15) is 13.2 Å². The first kappa shape index (κ1) is 22.6. The molecule has 2 heterocycles. The normalized spacial score (nSPS) is 16.2. The molecule has 9 heteroatoms. The van der Waals surface area contributed by atoms with Crippen LogP contribution in [0.15, 0.2) is 12.3 Å². The Kier molecular flexibility index (Phi) is 8.22. The number of pyridine rings is 1. The van der Waals surface area contributed by atoms with Crippen LogP contribution in [0, 0.1) is 5.92 Å². The lowest BCUT2D eigenvalue weighted by Crippen LogP contribution is -2.52. The van der Waals surface area contributed by atoms with E-state index >= 15 is 0 Å². The summed E-state index contributed by atoms with van der Waals surface area (Å²) in [5.41, 5.74) is -0.868. The summed E-state index contributed by atoms with van der Waals surface area (Å²) >= 11 is 6.01. The Morgan fingerprint density at radius 3 is 2.50 bits per heavy atom. The van der Waals surface area contributed by atoms with E-state index in [1.807, 2.05) is 4.90 Å². The van der Waals surface area contributed by atoms with Gasteiger partial charge in [-0.1, -0.05) is 44.7 Å². The molecular formula is C19H28ClF3N4O. The van der Waals surface area contributed by atoms with Gasteiger partial charge in [-0.05, 0) is 18.4 Å². The molecular weight excluding hydrogens is 393 g/mol. The molecule has 1 saturated heterocycles. The Balaban J connectivity index is 1.86. The summed E-state index contributed by atoms with van der Waals surface area (Å²) in [6.45, 7) is 6.83. The highest BCUT2D eigenvalue weighted by atomic mass is 35.5.